The topological polar surface area (TPSA) is 47.0 Å². The van der Waals surface area contributed by atoms with Crippen molar-refractivity contribution in [3.05, 3.63) is 23.8 Å². The van der Waals surface area contributed by atoms with E-state index < -0.39 is 0 Å². The number of hydrogen-bond acceptors (Lipinski definition) is 4. The summed E-state index contributed by atoms with van der Waals surface area (Å²) in [6.45, 7) is 5.89. The minimum absolute atomic E-state index is 0.251. The molecule has 4 nitrogen and oxygen atoms in total. The molecule has 1 heterocycles. The fraction of sp³-hybridized carbons (Fsp3) is 0.733. The molecule has 0 atom stereocenters. The molecule has 1 aliphatic rings. The summed E-state index contributed by atoms with van der Waals surface area (Å²) in [5.74, 6) is 1.65. The van der Waals surface area contributed by atoms with Gasteiger partial charge in [0.05, 0.1) is 0 Å². The summed E-state index contributed by atoms with van der Waals surface area (Å²) in [7, 11) is 1.93. The normalized spacial score (nSPS) is 27.4. The average molecular weight is 263 g/mol. The van der Waals surface area contributed by atoms with Crippen LogP contribution in [0.2, 0.25) is 0 Å². The molecule has 0 amide bonds. The maximum absolute atomic E-state index is 6.06. The van der Waals surface area contributed by atoms with Crippen molar-refractivity contribution >= 4 is 0 Å². The van der Waals surface area contributed by atoms with E-state index in [9.17, 15) is 0 Å². The molecule has 0 saturated heterocycles. The van der Waals surface area contributed by atoms with Crippen molar-refractivity contribution in [3.8, 4) is 0 Å². The van der Waals surface area contributed by atoms with Crippen molar-refractivity contribution < 1.29 is 4.74 Å². The van der Waals surface area contributed by atoms with E-state index >= 15 is 0 Å². The Balaban J connectivity index is 2.18. The molecule has 19 heavy (non-hydrogen) atoms. The van der Waals surface area contributed by atoms with Crippen LogP contribution in [-0.2, 0) is 16.9 Å². The molecule has 0 aromatic carbocycles. The fourth-order valence-electron chi connectivity index (χ4n) is 2.82. The summed E-state index contributed by atoms with van der Waals surface area (Å²) in [4.78, 5) is 9.12. The van der Waals surface area contributed by atoms with Crippen LogP contribution in [0.4, 0.5) is 0 Å². The van der Waals surface area contributed by atoms with Crippen LogP contribution in [0.15, 0.2) is 12.4 Å². The van der Waals surface area contributed by atoms with Gasteiger partial charge in [-0.3, -0.25) is 0 Å². The smallest absolute Gasteiger partial charge is 0.160 e. The van der Waals surface area contributed by atoms with Crippen molar-refractivity contribution in [3.63, 3.8) is 0 Å². The van der Waals surface area contributed by atoms with Crippen LogP contribution in [0, 0.1) is 5.92 Å². The van der Waals surface area contributed by atoms with Gasteiger partial charge < -0.3 is 10.1 Å². The van der Waals surface area contributed by atoms with Crippen molar-refractivity contribution in [1.82, 2.24) is 15.3 Å². The van der Waals surface area contributed by atoms with Crippen molar-refractivity contribution in [2.24, 2.45) is 5.92 Å². The summed E-state index contributed by atoms with van der Waals surface area (Å²) < 4.78 is 6.06. The van der Waals surface area contributed by atoms with E-state index in [4.69, 9.17) is 4.74 Å². The van der Waals surface area contributed by atoms with Gasteiger partial charge in [0.15, 0.2) is 5.82 Å². The third-order valence-corrected chi connectivity index (χ3v) is 4.00. The molecule has 1 fully saturated rings. The molecule has 2 rings (SSSR count). The van der Waals surface area contributed by atoms with Crippen LogP contribution in [-0.4, -0.2) is 23.6 Å². The van der Waals surface area contributed by atoms with Crippen molar-refractivity contribution in [2.45, 2.75) is 51.7 Å². The van der Waals surface area contributed by atoms with Gasteiger partial charge in [-0.25, -0.2) is 9.97 Å². The zero-order valence-corrected chi connectivity index (χ0v) is 12.3. The first-order valence-electron chi connectivity index (χ1n) is 7.30. The number of aromatic nitrogens is 2. The Bertz CT molecular complexity index is 383. The van der Waals surface area contributed by atoms with Gasteiger partial charge in [0, 0.05) is 31.1 Å². The highest BCUT2D eigenvalue weighted by Crippen LogP contribution is 2.40. The molecule has 0 spiro atoms. The largest absolute Gasteiger partial charge is 0.367 e. The SMILES string of the molecule is CCOC1(c2ncc(CNC)cn2)CCC(C)CC1. The zero-order chi connectivity index (χ0) is 13.7. The first kappa shape index (κ1) is 14.4. The summed E-state index contributed by atoms with van der Waals surface area (Å²) in [6.07, 6.45) is 8.29. The second-order valence-electron chi connectivity index (χ2n) is 5.56. The molecule has 0 unspecified atom stereocenters. The Kier molecular flexibility index (Phi) is 4.88. The van der Waals surface area contributed by atoms with Crippen LogP contribution >= 0.6 is 0 Å². The van der Waals surface area contributed by atoms with E-state index in [1.165, 1.54) is 12.8 Å². The maximum Gasteiger partial charge on any atom is 0.160 e. The molecule has 1 aliphatic carbocycles. The third-order valence-electron chi connectivity index (χ3n) is 4.00. The Labute approximate surface area is 116 Å². The van der Waals surface area contributed by atoms with E-state index in [-0.39, 0.29) is 5.60 Å². The molecule has 1 aromatic heterocycles. The summed E-state index contributed by atoms with van der Waals surface area (Å²) >= 11 is 0. The Morgan fingerprint density at radius 3 is 2.47 bits per heavy atom. The monoisotopic (exact) mass is 263 g/mol. The molecule has 106 valence electrons. The number of hydrogen-bond donors (Lipinski definition) is 1. The quantitative estimate of drug-likeness (QED) is 0.887. The minimum atomic E-state index is -0.251. The zero-order valence-electron chi connectivity index (χ0n) is 12.3. The lowest BCUT2D eigenvalue weighted by Crippen LogP contribution is -2.36. The first-order valence-corrected chi connectivity index (χ1v) is 7.30. The van der Waals surface area contributed by atoms with Crippen molar-refractivity contribution in [1.29, 1.82) is 0 Å². The van der Waals surface area contributed by atoms with E-state index in [1.54, 1.807) is 0 Å². The van der Waals surface area contributed by atoms with Crippen LogP contribution in [0.5, 0.6) is 0 Å². The molecule has 0 aliphatic heterocycles. The summed E-state index contributed by atoms with van der Waals surface area (Å²) in [5.41, 5.74) is 0.862. The Morgan fingerprint density at radius 1 is 1.32 bits per heavy atom. The minimum Gasteiger partial charge on any atom is -0.367 e. The number of ether oxygens (including phenoxy) is 1. The van der Waals surface area contributed by atoms with E-state index in [1.807, 2.05) is 19.4 Å². The van der Waals surface area contributed by atoms with Gasteiger partial charge >= 0.3 is 0 Å². The van der Waals surface area contributed by atoms with Crippen LogP contribution in [0.3, 0.4) is 0 Å². The van der Waals surface area contributed by atoms with Gasteiger partial charge in [-0.1, -0.05) is 6.92 Å². The summed E-state index contributed by atoms with van der Waals surface area (Å²) in [5, 5.41) is 3.11. The van der Waals surface area contributed by atoms with Gasteiger partial charge in [-0.2, -0.15) is 0 Å². The second-order valence-corrected chi connectivity index (χ2v) is 5.56. The van der Waals surface area contributed by atoms with E-state index in [0.717, 1.165) is 43.3 Å². The van der Waals surface area contributed by atoms with Crippen LogP contribution in [0.25, 0.3) is 0 Å². The highest BCUT2D eigenvalue weighted by atomic mass is 16.5. The van der Waals surface area contributed by atoms with Crippen molar-refractivity contribution in [2.75, 3.05) is 13.7 Å². The second kappa shape index (κ2) is 6.44. The molecule has 0 bridgehead atoms. The number of nitrogens with zero attached hydrogens (tertiary/aromatic N) is 2. The standard InChI is InChI=1S/C15H25N3O/c1-4-19-15(7-5-12(2)6-8-15)14-17-10-13(9-16-3)11-18-14/h10-12,16H,4-9H2,1-3H3. The Hall–Kier alpha value is -1.00. The maximum atomic E-state index is 6.06. The molecule has 1 aromatic rings. The van der Waals surface area contributed by atoms with Crippen LogP contribution in [0.1, 0.15) is 50.9 Å². The van der Waals surface area contributed by atoms with E-state index in [0.29, 0.717) is 0 Å². The number of nitrogens with one attached hydrogen (secondary N) is 1. The van der Waals surface area contributed by atoms with Gasteiger partial charge in [0.2, 0.25) is 0 Å². The highest BCUT2D eigenvalue weighted by Gasteiger charge is 2.39. The highest BCUT2D eigenvalue weighted by molar-refractivity contribution is 5.10. The van der Waals surface area contributed by atoms with Gasteiger partial charge in [0.1, 0.15) is 5.60 Å². The van der Waals surface area contributed by atoms with Gasteiger partial charge in [-0.05, 0) is 45.6 Å². The van der Waals surface area contributed by atoms with E-state index in [2.05, 4.69) is 29.1 Å². The molecule has 1 saturated carbocycles. The molecule has 1 N–H and O–H groups in total. The van der Waals surface area contributed by atoms with Gasteiger partial charge in [0.25, 0.3) is 0 Å². The average Bonchev–Trinajstić information content (AvgIpc) is 2.43. The Morgan fingerprint density at radius 2 is 1.95 bits per heavy atom. The number of rotatable bonds is 5. The first-order chi connectivity index (χ1) is 9.20. The summed E-state index contributed by atoms with van der Waals surface area (Å²) in [6, 6.07) is 0. The molecular formula is C15H25N3O. The molecule has 4 heteroatoms. The fourth-order valence-corrected chi connectivity index (χ4v) is 2.82. The molecular weight excluding hydrogens is 238 g/mol. The predicted molar refractivity (Wildman–Crippen MR) is 75.7 cm³/mol. The lowest BCUT2D eigenvalue weighted by molar-refractivity contribution is -0.0837. The predicted octanol–water partition coefficient (Wildman–Crippen LogP) is 2.64. The lowest BCUT2D eigenvalue weighted by atomic mass is 9.79. The lowest BCUT2D eigenvalue weighted by Gasteiger charge is -2.37. The third kappa shape index (κ3) is 3.31. The molecule has 0 radical (unpaired) electrons. The van der Waals surface area contributed by atoms with Crippen LogP contribution < -0.4 is 5.32 Å². The van der Waals surface area contributed by atoms with Gasteiger partial charge in [-0.15, -0.1) is 0 Å².